The number of Topliss-reactive ketones (excluding diaryl/α,β-unsaturated/α-hetero) is 1. The molecule has 1 aromatic rings. The van der Waals surface area contributed by atoms with Crippen LogP contribution in [0.2, 0.25) is 0 Å². The normalized spacial score (nSPS) is 17.5. The Kier molecular flexibility index (Phi) is 5.06. The molecule has 1 aliphatic heterocycles. The summed E-state index contributed by atoms with van der Waals surface area (Å²) >= 11 is 0. The summed E-state index contributed by atoms with van der Waals surface area (Å²) < 4.78 is 6.36. The minimum atomic E-state index is -0.809. The van der Waals surface area contributed by atoms with E-state index in [4.69, 9.17) is 15.3 Å². The molecule has 0 atom stereocenters. The van der Waals surface area contributed by atoms with Crippen molar-refractivity contribution in [2.75, 3.05) is 0 Å². The maximum Gasteiger partial charge on any atom is 0.176 e. The number of carbonyl (C=O) groups is 1. The van der Waals surface area contributed by atoms with Crippen LogP contribution >= 0.6 is 0 Å². The van der Waals surface area contributed by atoms with Crippen LogP contribution in [0.15, 0.2) is 24.3 Å². The predicted molar refractivity (Wildman–Crippen MR) is 86.8 cm³/mol. The molecule has 0 aliphatic carbocycles. The van der Waals surface area contributed by atoms with Gasteiger partial charge in [-0.15, -0.1) is 0 Å². The van der Waals surface area contributed by atoms with E-state index in [0.29, 0.717) is 37.0 Å². The number of hydrogen-bond acceptors (Lipinski definition) is 4. The maximum atomic E-state index is 13.4. The van der Waals surface area contributed by atoms with E-state index in [1.54, 1.807) is 6.07 Å². The fraction of sp³-hybridized carbons (Fsp3) is 0.526. The van der Waals surface area contributed by atoms with Gasteiger partial charge in [-0.05, 0) is 37.8 Å². The van der Waals surface area contributed by atoms with Crippen LogP contribution in [0, 0.1) is 28.1 Å². The number of ether oxygens (including phenoxy) is 1. The molecule has 120 valence electrons. The minimum Gasteiger partial charge on any atom is -0.485 e. The van der Waals surface area contributed by atoms with E-state index in [1.165, 1.54) is 0 Å². The summed E-state index contributed by atoms with van der Waals surface area (Å²) in [6, 6.07) is 11.6. The molecule has 0 saturated heterocycles. The number of benzene rings is 1. The number of carbonyl (C=O) groups excluding carboxylic acids is 1. The lowest BCUT2D eigenvalue weighted by Crippen LogP contribution is -2.59. The molecule has 0 saturated carbocycles. The molecule has 23 heavy (non-hydrogen) atoms. The van der Waals surface area contributed by atoms with E-state index in [0.717, 1.165) is 0 Å². The van der Waals surface area contributed by atoms with E-state index in [9.17, 15) is 4.79 Å². The van der Waals surface area contributed by atoms with Crippen LogP contribution in [0.4, 0.5) is 0 Å². The van der Waals surface area contributed by atoms with E-state index in [-0.39, 0.29) is 18.6 Å². The minimum absolute atomic E-state index is 0.0218. The molecule has 0 amide bonds. The third-order valence-electron chi connectivity index (χ3n) is 5.21. The SMILES string of the molecule is CCC1(CC)Oc2ccccc2C(=O)C1(CCC#N)CCC#N. The van der Waals surface area contributed by atoms with Crippen LogP contribution < -0.4 is 4.74 Å². The van der Waals surface area contributed by atoms with Crippen molar-refractivity contribution in [3.8, 4) is 17.9 Å². The summed E-state index contributed by atoms with van der Waals surface area (Å²) in [4.78, 5) is 13.4. The summed E-state index contributed by atoms with van der Waals surface area (Å²) in [5.41, 5.74) is -0.900. The average Bonchev–Trinajstić information content (AvgIpc) is 2.60. The zero-order valence-electron chi connectivity index (χ0n) is 13.8. The second kappa shape index (κ2) is 6.84. The molecular weight excluding hydrogens is 288 g/mol. The van der Waals surface area contributed by atoms with E-state index in [1.807, 2.05) is 32.0 Å². The first-order valence-corrected chi connectivity index (χ1v) is 8.17. The van der Waals surface area contributed by atoms with Crippen molar-refractivity contribution in [1.29, 1.82) is 10.5 Å². The second-order valence-electron chi connectivity index (χ2n) is 6.03. The Balaban J connectivity index is 2.64. The topological polar surface area (TPSA) is 73.9 Å². The van der Waals surface area contributed by atoms with Crippen molar-refractivity contribution < 1.29 is 9.53 Å². The Morgan fingerprint density at radius 1 is 1.04 bits per heavy atom. The fourth-order valence-electron chi connectivity index (χ4n) is 3.93. The standard InChI is InChI=1S/C19H22N2O2/c1-3-19(4-2)18(11-7-13-20,12-8-14-21)17(22)15-9-5-6-10-16(15)23-19/h5-6,9-10H,3-4,7-8,11-12H2,1-2H3. The van der Waals surface area contributed by atoms with Crippen molar-refractivity contribution in [2.24, 2.45) is 5.41 Å². The Labute approximate surface area is 137 Å². The first kappa shape index (κ1) is 17.0. The van der Waals surface area contributed by atoms with Crippen LogP contribution in [-0.2, 0) is 0 Å². The summed E-state index contributed by atoms with van der Waals surface area (Å²) in [5, 5.41) is 18.1. The van der Waals surface area contributed by atoms with Gasteiger partial charge in [0.1, 0.15) is 11.4 Å². The molecule has 4 nitrogen and oxygen atoms in total. The zero-order valence-corrected chi connectivity index (χ0v) is 13.8. The summed E-state index contributed by atoms with van der Waals surface area (Å²) in [7, 11) is 0. The van der Waals surface area contributed by atoms with E-state index < -0.39 is 11.0 Å². The Hall–Kier alpha value is -2.33. The van der Waals surface area contributed by atoms with Gasteiger partial charge in [0.05, 0.1) is 23.1 Å². The van der Waals surface area contributed by atoms with Gasteiger partial charge in [-0.25, -0.2) is 0 Å². The number of ketones is 1. The molecular formula is C19H22N2O2. The fourth-order valence-corrected chi connectivity index (χ4v) is 3.93. The van der Waals surface area contributed by atoms with Gasteiger partial charge >= 0.3 is 0 Å². The highest BCUT2D eigenvalue weighted by Crippen LogP contribution is 2.53. The van der Waals surface area contributed by atoms with Gasteiger partial charge in [0.25, 0.3) is 0 Å². The quantitative estimate of drug-likeness (QED) is 0.779. The molecule has 0 fully saturated rings. The Bertz CT molecular complexity index is 645. The third kappa shape index (κ3) is 2.59. The highest BCUT2D eigenvalue weighted by atomic mass is 16.5. The molecule has 2 rings (SSSR count). The number of fused-ring (bicyclic) bond motifs is 1. The van der Waals surface area contributed by atoms with E-state index in [2.05, 4.69) is 12.1 Å². The van der Waals surface area contributed by atoms with Gasteiger partial charge in [-0.3, -0.25) is 4.79 Å². The van der Waals surface area contributed by atoms with Crippen molar-refractivity contribution in [2.45, 2.75) is 58.0 Å². The first-order chi connectivity index (χ1) is 11.1. The average molecular weight is 310 g/mol. The Morgan fingerprint density at radius 2 is 1.61 bits per heavy atom. The van der Waals surface area contributed by atoms with Gasteiger partial charge in [-0.2, -0.15) is 10.5 Å². The molecule has 1 aromatic carbocycles. The first-order valence-electron chi connectivity index (χ1n) is 8.17. The number of para-hydroxylation sites is 1. The van der Waals surface area contributed by atoms with Crippen LogP contribution in [0.1, 0.15) is 62.7 Å². The molecule has 0 bridgehead atoms. The van der Waals surface area contributed by atoms with Crippen LogP contribution in [0.5, 0.6) is 5.75 Å². The highest BCUT2D eigenvalue weighted by Gasteiger charge is 2.58. The number of nitriles is 2. The van der Waals surface area contributed by atoms with Crippen molar-refractivity contribution in [3.05, 3.63) is 29.8 Å². The molecule has 0 radical (unpaired) electrons. The smallest absolute Gasteiger partial charge is 0.176 e. The summed E-state index contributed by atoms with van der Waals surface area (Å²) in [6.07, 6.45) is 2.76. The largest absolute Gasteiger partial charge is 0.485 e. The third-order valence-corrected chi connectivity index (χ3v) is 5.21. The maximum absolute atomic E-state index is 13.4. The van der Waals surface area contributed by atoms with Gasteiger partial charge < -0.3 is 4.74 Å². The van der Waals surface area contributed by atoms with Crippen LogP contribution in [0.3, 0.4) is 0 Å². The second-order valence-corrected chi connectivity index (χ2v) is 6.03. The molecule has 0 N–H and O–H groups in total. The lowest BCUT2D eigenvalue weighted by Gasteiger charge is -2.52. The zero-order chi connectivity index (χ0) is 16.9. The molecule has 4 heteroatoms. The van der Waals surface area contributed by atoms with Crippen LogP contribution in [-0.4, -0.2) is 11.4 Å². The molecule has 0 spiro atoms. The molecule has 0 unspecified atom stereocenters. The predicted octanol–water partition coefficient (Wildman–Crippen LogP) is 4.41. The van der Waals surface area contributed by atoms with Crippen molar-refractivity contribution >= 4 is 5.78 Å². The van der Waals surface area contributed by atoms with Crippen molar-refractivity contribution in [3.63, 3.8) is 0 Å². The highest BCUT2D eigenvalue weighted by molar-refractivity contribution is 6.04. The monoisotopic (exact) mass is 310 g/mol. The van der Waals surface area contributed by atoms with Gasteiger partial charge in [0.2, 0.25) is 0 Å². The number of nitrogens with zero attached hydrogens (tertiary/aromatic N) is 2. The molecule has 1 heterocycles. The van der Waals surface area contributed by atoms with E-state index >= 15 is 0 Å². The summed E-state index contributed by atoms with van der Waals surface area (Å²) in [5.74, 6) is 0.638. The van der Waals surface area contributed by atoms with Gasteiger partial charge in [0, 0.05) is 12.8 Å². The molecule has 0 aromatic heterocycles. The summed E-state index contributed by atoms with van der Waals surface area (Å²) in [6.45, 7) is 4.02. The number of hydrogen-bond donors (Lipinski definition) is 0. The number of rotatable bonds is 6. The molecule has 1 aliphatic rings. The Morgan fingerprint density at radius 3 is 2.13 bits per heavy atom. The van der Waals surface area contributed by atoms with Crippen molar-refractivity contribution in [1.82, 2.24) is 0 Å². The van der Waals surface area contributed by atoms with Gasteiger partial charge in [-0.1, -0.05) is 26.0 Å². The van der Waals surface area contributed by atoms with Gasteiger partial charge in [0.15, 0.2) is 5.78 Å². The lowest BCUT2D eigenvalue weighted by atomic mass is 9.59. The lowest BCUT2D eigenvalue weighted by molar-refractivity contribution is -0.0673. The van der Waals surface area contributed by atoms with Crippen LogP contribution in [0.25, 0.3) is 0 Å².